The third kappa shape index (κ3) is 1.90. The molecule has 2 heterocycles. The molecule has 0 aromatic carbocycles. The molecular weight excluding hydrogens is 224 g/mol. The molecule has 1 aliphatic rings. The number of pyridine rings is 1. The Bertz CT molecular complexity index is 546. The van der Waals surface area contributed by atoms with Crippen LogP contribution in [0.2, 0.25) is 0 Å². The predicted octanol–water partition coefficient (Wildman–Crippen LogP) is 2.34. The minimum Gasteiger partial charge on any atom is -0.331 e. The normalized spacial score (nSPS) is 25.2. The number of nitrogens with two attached hydrogens (primary N) is 1. The van der Waals surface area contributed by atoms with Crippen molar-refractivity contribution >= 4 is 11.0 Å². The quantitative estimate of drug-likeness (QED) is 0.783. The van der Waals surface area contributed by atoms with Crippen molar-refractivity contribution in [1.29, 1.82) is 0 Å². The van der Waals surface area contributed by atoms with Crippen molar-refractivity contribution in [1.82, 2.24) is 14.5 Å². The molecule has 2 atom stereocenters. The van der Waals surface area contributed by atoms with Crippen molar-refractivity contribution < 1.29 is 0 Å². The van der Waals surface area contributed by atoms with Crippen LogP contribution in [0, 0.1) is 0 Å². The maximum Gasteiger partial charge on any atom is 0.114 e. The van der Waals surface area contributed by atoms with Gasteiger partial charge in [-0.3, -0.25) is 4.98 Å². The molecule has 0 spiro atoms. The van der Waals surface area contributed by atoms with E-state index < -0.39 is 0 Å². The third-order valence-corrected chi connectivity index (χ3v) is 4.12. The van der Waals surface area contributed by atoms with E-state index in [9.17, 15) is 0 Å². The van der Waals surface area contributed by atoms with Crippen molar-refractivity contribution in [2.75, 3.05) is 0 Å². The van der Waals surface area contributed by atoms with Gasteiger partial charge in [-0.15, -0.1) is 0 Å². The molecule has 1 fully saturated rings. The summed E-state index contributed by atoms with van der Waals surface area (Å²) in [5, 5.41) is 0. The number of hydrogen-bond donors (Lipinski definition) is 1. The van der Waals surface area contributed by atoms with Crippen LogP contribution in [-0.4, -0.2) is 20.6 Å². The van der Waals surface area contributed by atoms with Crippen molar-refractivity contribution in [2.24, 2.45) is 12.8 Å². The fourth-order valence-electron chi connectivity index (χ4n) is 3.06. The van der Waals surface area contributed by atoms with Gasteiger partial charge in [0.05, 0.1) is 11.7 Å². The van der Waals surface area contributed by atoms with Gasteiger partial charge in [-0.25, -0.2) is 4.98 Å². The van der Waals surface area contributed by atoms with Gasteiger partial charge >= 0.3 is 0 Å². The molecule has 2 N–H and O–H groups in total. The Morgan fingerprint density at radius 3 is 2.94 bits per heavy atom. The number of imidazole rings is 1. The number of fused-ring (bicyclic) bond motifs is 1. The van der Waals surface area contributed by atoms with E-state index in [1.54, 1.807) is 0 Å². The van der Waals surface area contributed by atoms with Gasteiger partial charge in [-0.1, -0.05) is 19.3 Å². The van der Waals surface area contributed by atoms with Gasteiger partial charge < -0.3 is 10.3 Å². The fourth-order valence-corrected chi connectivity index (χ4v) is 3.06. The first-order valence-corrected chi connectivity index (χ1v) is 6.79. The summed E-state index contributed by atoms with van der Waals surface area (Å²) >= 11 is 0. The number of nitrogens with zero attached hydrogens (tertiary/aromatic N) is 3. The molecule has 0 aliphatic heterocycles. The summed E-state index contributed by atoms with van der Waals surface area (Å²) in [6.45, 7) is 0. The second-order valence-electron chi connectivity index (χ2n) is 5.30. The van der Waals surface area contributed by atoms with E-state index in [0.717, 1.165) is 29.7 Å². The molecule has 0 bridgehead atoms. The average Bonchev–Trinajstić information content (AvgIpc) is 2.57. The highest BCUT2D eigenvalue weighted by molar-refractivity contribution is 5.74. The highest BCUT2D eigenvalue weighted by Gasteiger charge is 2.26. The van der Waals surface area contributed by atoms with E-state index >= 15 is 0 Å². The standard InChI is InChI=1S/C14H20N4/c1-18-13-7-8-16-9-12(13)17-14(18)10-5-3-2-4-6-11(10)15/h7-11H,2-6,15H2,1H3. The Morgan fingerprint density at radius 1 is 1.28 bits per heavy atom. The lowest BCUT2D eigenvalue weighted by molar-refractivity contribution is 0.474. The summed E-state index contributed by atoms with van der Waals surface area (Å²) < 4.78 is 2.19. The van der Waals surface area contributed by atoms with Gasteiger partial charge in [0.2, 0.25) is 0 Å². The summed E-state index contributed by atoms with van der Waals surface area (Å²) in [6.07, 6.45) is 9.75. The second kappa shape index (κ2) is 4.69. The van der Waals surface area contributed by atoms with Crippen LogP contribution < -0.4 is 5.73 Å². The lowest BCUT2D eigenvalue weighted by Gasteiger charge is -2.20. The molecule has 0 saturated heterocycles. The van der Waals surface area contributed by atoms with Gasteiger partial charge in [0.1, 0.15) is 11.3 Å². The largest absolute Gasteiger partial charge is 0.331 e. The first-order chi connectivity index (χ1) is 8.77. The number of aryl methyl sites for hydroxylation is 1. The summed E-state index contributed by atoms with van der Waals surface area (Å²) in [6, 6.07) is 2.27. The first-order valence-electron chi connectivity index (χ1n) is 6.79. The van der Waals surface area contributed by atoms with Crippen LogP contribution >= 0.6 is 0 Å². The van der Waals surface area contributed by atoms with Gasteiger partial charge in [-0.2, -0.15) is 0 Å². The smallest absolute Gasteiger partial charge is 0.114 e. The summed E-state index contributed by atoms with van der Waals surface area (Å²) in [5.74, 6) is 1.53. The van der Waals surface area contributed by atoms with Crippen LogP contribution in [0.3, 0.4) is 0 Å². The fraction of sp³-hybridized carbons (Fsp3) is 0.571. The van der Waals surface area contributed by atoms with Crippen molar-refractivity contribution in [3.63, 3.8) is 0 Å². The van der Waals surface area contributed by atoms with E-state index in [0.29, 0.717) is 5.92 Å². The maximum atomic E-state index is 6.33. The van der Waals surface area contributed by atoms with E-state index in [-0.39, 0.29) is 6.04 Å². The molecular formula is C14H20N4. The average molecular weight is 244 g/mol. The molecule has 4 nitrogen and oxygen atoms in total. The van der Waals surface area contributed by atoms with E-state index in [1.807, 2.05) is 18.5 Å². The van der Waals surface area contributed by atoms with Crippen LogP contribution in [0.4, 0.5) is 0 Å². The van der Waals surface area contributed by atoms with Gasteiger partial charge in [-0.05, 0) is 18.9 Å². The lowest BCUT2D eigenvalue weighted by Crippen LogP contribution is -2.29. The highest BCUT2D eigenvalue weighted by Crippen LogP contribution is 2.31. The number of hydrogen-bond acceptors (Lipinski definition) is 3. The molecule has 2 unspecified atom stereocenters. The Morgan fingerprint density at radius 2 is 2.11 bits per heavy atom. The van der Waals surface area contributed by atoms with E-state index in [2.05, 4.69) is 16.6 Å². The molecule has 0 amide bonds. The van der Waals surface area contributed by atoms with Crippen molar-refractivity contribution in [3.8, 4) is 0 Å². The Balaban J connectivity index is 2.04. The van der Waals surface area contributed by atoms with Crippen molar-refractivity contribution in [3.05, 3.63) is 24.3 Å². The van der Waals surface area contributed by atoms with Crippen LogP contribution in [-0.2, 0) is 7.05 Å². The van der Waals surface area contributed by atoms with E-state index in [4.69, 9.17) is 10.7 Å². The van der Waals surface area contributed by atoms with Crippen LogP contribution in [0.25, 0.3) is 11.0 Å². The molecule has 0 radical (unpaired) electrons. The highest BCUT2D eigenvalue weighted by atomic mass is 15.1. The zero-order chi connectivity index (χ0) is 12.5. The van der Waals surface area contributed by atoms with Crippen LogP contribution in [0.5, 0.6) is 0 Å². The number of rotatable bonds is 1. The molecule has 96 valence electrons. The molecule has 3 rings (SSSR count). The van der Waals surface area contributed by atoms with Crippen molar-refractivity contribution in [2.45, 2.75) is 44.1 Å². The summed E-state index contributed by atoms with van der Waals surface area (Å²) in [5.41, 5.74) is 8.46. The first kappa shape index (κ1) is 11.7. The molecule has 18 heavy (non-hydrogen) atoms. The van der Waals surface area contributed by atoms with E-state index in [1.165, 1.54) is 19.3 Å². The topological polar surface area (TPSA) is 56.7 Å². The van der Waals surface area contributed by atoms with Crippen LogP contribution in [0.1, 0.15) is 43.8 Å². The second-order valence-corrected chi connectivity index (χ2v) is 5.30. The summed E-state index contributed by atoms with van der Waals surface area (Å²) in [4.78, 5) is 8.89. The summed E-state index contributed by atoms with van der Waals surface area (Å²) in [7, 11) is 2.09. The van der Waals surface area contributed by atoms with Gasteiger partial charge in [0, 0.05) is 25.2 Å². The molecule has 2 aromatic rings. The van der Waals surface area contributed by atoms with Gasteiger partial charge in [0.25, 0.3) is 0 Å². The minimum atomic E-state index is 0.246. The Kier molecular flexibility index (Phi) is 3.04. The molecule has 1 aliphatic carbocycles. The molecule has 1 saturated carbocycles. The van der Waals surface area contributed by atoms with Gasteiger partial charge in [0.15, 0.2) is 0 Å². The zero-order valence-electron chi connectivity index (χ0n) is 10.8. The van der Waals surface area contributed by atoms with Crippen LogP contribution in [0.15, 0.2) is 18.5 Å². The molecule has 4 heteroatoms. The Hall–Kier alpha value is -1.42. The SMILES string of the molecule is Cn1c(C2CCCCCC2N)nc2cnccc21. The maximum absolute atomic E-state index is 6.33. The third-order valence-electron chi connectivity index (χ3n) is 4.12. The lowest BCUT2D eigenvalue weighted by atomic mass is 9.94. The minimum absolute atomic E-state index is 0.246. The number of aromatic nitrogens is 3. The monoisotopic (exact) mass is 244 g/mol. The Labute approximate surface area is 107 Å². The zero-order valence-corrected chi connectivity index (χ0v) is 10.8. The predicted molar refractivity (Wildman–Crippen MR) is 72.3 cm³/mol. The molecule has 2 aromatic heterocycles.